The Balaban J connectivity index is 1.99. The zero-order valence-electron chi connectivity index (χ0n) is 19.8. The molecule has 1 aromatic heterocycles. The lowest BCUT2D eigenvalue weighted by molar-refractivity contribution is -0.670. The predicted molar refractivity (Wildman–Crippen MR) is 133 cm³/mol. The number of nitrogens with zero attached hydrogens (tertiary/aromatic N) is 2. The minimum absolute atomic E-state index is 0.200. The normalized spacial score (nSPS) is 11.1. The fraction of sp³-hybridized carbons (Fsp3) is 0.250. The van der Waals surface area contributed by atoms with E-state index in [1.54, 1.807) is 0 Å². The van der Waals surface area contributed by atoms with Crippen LogP contribution in [-0.4, -0.2) is 11.3 Å². The molecule has 0 radical (unpaired) electrons. The molecule has 3 aromatic carbocycles. The number of rotatable bonds is 4. The van der Waals surface area contributed by atoms with Gasteiger partial charge in [-0.3, -0.25) is 0 Å². The number of imidazole rings is 1. The third-order valence-electron chi connectivity index (χ3n) is 6.32. The number of aryl methyl sites for hydroxylation is 7. The molecule has 0 aliphatic rings. The Hall–Kier alpha value is -3.07. The van der Waals surface area contributed by atoms with Gasteiger partial charge in [0.15, 0.2) is 0 Å². The molecule has 4 aromatic rings. The summed E-state index contributed by atoms with van der Waals surface area (Å²) in [6.07, 6.45) is 6.30. The third-order valence-corrected chi connectivity index (χ3v) is 6.32. The molecule has 0 atom stereocenters. The molecule has 0 saturated heterocycles. The van der Waals surface area contributed by atoms with Crippen molar-refractivity contribution in [1.29, 1.82) is 0 Å². The van der Waals surface area contributed by atoms with Gasteiger partial charge in [-0.15, -0.1) is 0 Å². The maximum atomic E-state index is 2.35. The average molecular weight is 407 g/mol. The van der Waals surface area contributed by atoms with Crippen LogP contribution in [0.5, 0.6) is 0 Å². The lowest BCUT2D eigenvalue weighted by atomic mass is 9.34. The standard InChI is InChI=1S/C28H32BN2/c1-19-13-21(3)27(22(4)14-19)29(28-23(5)15-20(2)16-24(28)6)25-9-8-10-26(17-25)31-12-11-30(7)18-31/h8-18H,1-7H3/q+1. The predicted octanol–water partition coefficient (Wildman–Crippen LogP) is 3.67. The fourth-order valence-corrected chi connectivity index (χ4v) is 5.24. The van der Waals surface area contributed by atoms with E-state index >= 15 is 0 Å². The highest BCUT2D eigenvalue weighted by molar-refractivity contribution is 6.96. The van der Waals surface area contributed by atoms with Crippen LogP contribution in [0.1, 0.15) is 33.4 Å². The summed E-state index contributed by atoms with van der Waals surface area (Å²) in [4.78, 5) is 0. The number of benzene rings is 3. The van der Waals surface area contributed by atoms with Crippen molar-refractivity contribution in [2.75, 3.05) is 0 Å². The van der Waals surface area contributed by atoms with Crippen molar-refractivity contribution >= 4 is 23.1 Å². The minimum atomic E-state index is 0.200. The SMILES string of the molecule is Cc1cc(C)c(B(c2cccc(-n3cc[n+](C)c3)c2)c2c(C)cc(C)cc2C)c(C)c1. The number of aromatic nitrogens is 2. The van der Waals surface area contributed by atoms with Crippen molar-refractivity contribution in [3.8, 4) is 5.69 Å². The van der Waals surface area contributed by atoms with Crippen molar-refractivity contribution in [1.82, 2.24) is 4.57 Å². The maximum Gasteiger partial charge on any atom is 0.248 e. The van der Waals surface area contributed by atoms with E-state index in [9.17, 15) is 0 Å². The van der Waals surface area contributed by atoms with Gasteiger partial charge < -0.3 is 0 Å². The molecule has 0 bridgehead atoms. The largest absolute Gasteiger partial charge is 0.248 e. The topological polar surface area (TPSA) is 8.81 Å². The van der Waals surface area contributed by atoms with Crippen molar-refractivity contribution in [3.05, 3.63) is 101 Å². The van der Waals surface area contributed by atoms with E-state index in [4.69, 9.17) is 0 Å². The van der Waals surface area contributed by atoms with Gasteiger partial charge >= 0.3 is 0 Å². The van der Waals surface area contributed by atoms with Gasteiger partial charge in [-0.05, 0) is 53.7 Å². The molecule has 0 N–H and O–H groups in total. The number of hydrogen-bond acceptors (Lipinski definition) is 0. The molecule has 0 aliphatic heterocycles. The van der Waals surface area contributed by atoms with Gasteiger partial charge in [0.1, 0.15) is 18.1 Å². The van der Waals surface area contributed by atoms with Crippen LogP contribution in [0.2, 0.25) is 0 Å². The first kappa shape index (κ1) is 21.2. The quantitative estimate of drug-likeness (QED) is 0.361. The highest BCUT2D eigenvalue weighted by Crippen LogP contribution is 2.14. The lowest BCUT2D eigenvalue weighted by Crippen LogP contribution is -2.55. The van der Waals surface area contributed by atoms with Gasteiger partial charge in [0.2, 0.25) is 13.0 Å². The van der Waals surface area contributed by atoms with Crippen LogP contribution in [0.4, 0.5) is 0 Å². The zero-order chi connectivity index (χ0) is 22.3. The Morgan fingerprint density at radius 3 is 1.68 bits per heavy atom. The second-order valence-corrected chi connectivity index (χ2v) is 9.14. The monoisotopic (exact) mass is 407 g/mol. The summed E-state index contributed by atoms with van der Waals surface area (Å²) < 4.78 is 4.26. The second kappa shape index (κ2) is 8.22. The molecule has 0 saturated carbocycles. The van der Waals surface area contributed by atoms with Gasteiger partial charge in [-0.2, -0.15) is 0 Å². The van der Waals surface area contributed by atoms with Crippen molar-refractivity contribution in [2.24, 2.45) is 7.05 Å². The highest BCUT2D eigenvalue weighted by atomic mass is 15.1. The Labute approximate surface area is 187 Å². The molecule has 0 spiro atoms. The molecular weight excluding hydrogens is 375 g/mol. The van der Waals surface area contributed by atoms with Crippen LogP contribution >= 0.6 is 0 Å². The Morgan fingerprint density at radius 1 is 0.710 bits per heavy atom. The second-order valence-electron chi connectivity index (χ2n) is 9.14. The van der Waals surface area contributed by atoms with E-state index < -0.39 is 0 Å². The maximum absolute atomic E-state index is 2.35. The van der Waals surface area contributed by atoms with Gasteiger partial charge in [-0.1, -0.05) is 86.2 Å². The highest BCUT2D eigenvalue weighted by Gasteiger charge is 2.28. The molecule has 1 heterocycles. The summed E-state index contributed by atoms with van der Waals surface area (Å²) in [7, 11) is 2.06. The molecule has 31 heavy (non-hydrogen) atoms. The van der Waals surface area contributed by atoms with Crippen LogP contribution in [-0.2, 0) is 7.05 Å². The van der Waals surface area contributed by atoms with E-state index in [2.05, 4.69) is 125 Å². The first-order chi connectivity index (χ1) is 14.7. The van der Waals surface area contributed by atoms with E-state index in [0.717, 1.165) is 0 Å². The number of hydrogen-bond donors (Lipinski definition) is 0. The summed E-state index contributed by atoms with van der Waals surface area (Å²) in [5.74, 6) is 0. The van der Waals surface area contributed by atoms with Crippen LogP contribution in [0.25, 0.3) is 5.69 Å². The Kier molecular flexibility index (Phi) is 5.62. The third kappa shape index (κ3) is 4.10. The summed E-state index contributed by atoms with van der Waals surface area (Å²) in [6, 6.07) is 18.3. The molecule has 0 fully saturated rings. The molecule has 156 valence electrons. The van der Waals surface area contributed by atoms with Gasteiger partial charge in [0, 0.05) is 0 Å². The first-order valence-electron chi connectivity index (χ1n) is 11.0. The molecule has 0 amide bonds. The van der Waals surface area contributed by atoms with Crippen molar-refractivity contribution in [3.63, 3.8) is 0 Å². The first-order valence-corrected chi connectivity index (χ1v) is 11.0. The summed E-state index contributed by atoms with van der Waals surface area (Å²) >= 11 is 0. The van der Waals surface area contributed by atoms with Gasteiger partial charge in [0.25, 0.3) is 0 Å². The molecule has 0 unspecified atom stereocenters. The van der Waals surface area contributed by atoms with E-state index in [-0.39, 0.29) is 6.71 Å². The average Bonchev–Trinajstić information content (AvgIpc) is 3.12. The summed E-state index contributed by atoms with van der Waals surface area (Å²) in [6.45, 7) is 13.6. The molecule has 3 heteroatoms. The van der Waals surface area contributed by atoms with Crippen molar-refractivity contribution < 1.29 is 4.57 Å². The van der Waals surface area contributed by atoms with E-state index in [1.807, 2.05) is 0 Å². The molecule has 4 rings (SSSR count). The molecule has 2 nitrogen and oxygen atoms in total. The lowest BCUT2D eigenvalue weighted by Gasteiger charge is -2.24. The van der Waals surface area contributed by atoms with Crippen LogP contribution < -0.4 is 21.0 Å². The van der Waals surface area contributed by atoms with Crippen molar-refractivity contribution in [2.45, 2.75) is 41.5 Å². The minimum Gasteiger partial charge on any atom is -0.239 e. The van der Waals surface area contributed by atoms with Crippen LogP contribution in [0, 0.1) is 41.5 Å². The summed E-state index contributed by atoms with van der Waals surface area (Å²) in [5.41, 5.74) is 13.5. The Bertz CT molecular complexity index is 1160. The van der Waals surface area contributed by atoms with Gasteiger partial charge in [-0.25, -0.2) is 9.13 Å². The fourth-order valence-electron chi connectivity index (χ4n) is 5.24. The smallest absolute Gasteiger partial charge is 0.239 e. The van der Waals surface area contributed by atoms with E-state index in [0.29, 0.717) is 0 Å². The zero-order valence-corrected chi connectivity index (χ0v) is 19.8. The van der Waals surface area contributed by atoms with Crippen LogP contribution in [0.3, 0.4) is 0 Å². The Morgan fingerprint density at radius 2 is 1.23 bits per heavy atom. The molecule has 0 aliphatic carbocycles. The molecular formula is C28H32BN2+. The van der Waals surface area contributed by atoms with Gasteiger partial charge in [0.05, 0.1) is 7.05 Å². The van der Waals surface area contributed by atoms with E-state index in [1.165, 1.54) is 55.5 Å². The van der Waals surface area contributed by atoms with Crippen LogP contribution in [0.15, 0.2) is 67.3 Å². The summed E-state index contributed by atoms with van der Waals surface area (Å²) in [5, 5.41) is 0.